The van der Waals surface area contributed by atoms with E-state index >= 15 is 0 Å². The van der Waals surface area contributed by atoms with Crippen molar-refractivity contribution in [3.8, 4) is 11.5 Å². The van der Waals surface area contributed by atoms with Crippen LogP contribution in [0.3, 0.4) is 0 Å². The summed E-state index contributed by atoms with van der Waals surface area (Å²) in [6.45, 7) is 5.24. The van der Waals surface area contributed by atoms with Crippen molar-refractivity contribution in [2.24, 2.45) is 0 Å². The molecule has 2 aromatic carbocycles. The maximum absolute atomic E-state index is 12.5. The molecule has 120 valence electrons. The first-order valence-corrected chi connectivity index (χ1v) is 8.34. The number of carbonyl (C=O) groups is 1. The molecule has 1 heterocycles. The Balaban J connectivity index is 1.85. The highest BCUT2D eigenvalue weighted by atomic mass is 79.9. The number of ether oxygens (including phenoxy) is 2. The lowest BCUT2D eigenvalue weighted by Crippen LogP contribution is -2.17. The van der Waals surface area contributed by atoms with Gasteiger partial charge in [-0.15, -0.1) is 0 Å². The molecule has 0 unspecified atom stereocenters. The van der Waals surface area contributed by atoms with Gasteiger partial charge in [-0.3, -0.25) is 4.79 Å². The molecule has 0 spiro atoms. The number of benzene rings is 2. The third-order valence-corrected chi connectivity index (χ3v) is 4.18. The van der Waals surface area contributed by atoms with E-state index in [1.54, 1.807) is 18.2 Å². The lowest BCUT2D eigenvalue weighted by atomic mass is 10.0. The van der Waals surface area contributed by atoms with Gasteiger partial charge in [0.05, 0.1) is 0 Å². The first kappa shape index (κ1) is 15.9. The van der Waals surface area contributed by atoms with Crippen LogP contribution in [0.2, 0.25) is 0 Å². The highest BCUT2D eigenvalue weighted by molar-refractivity contribution is 9.10. The molecule has 0 aromatic heterocycles. The predicted octanol–water partition coefficient (Wildman–Crippen LogP) is 4.60. The van der Waals surface area contributed by atoms with E-state index in [9.17, 15) is 4.79 Å². The van der Waals surface area contributed by atoms with Gasteiger partial charge in [-0.05, 0) is 47.9 Å². The lowest BCUT2D eigenvalue weighted by Gasteiger charge is -2.19. The molecule has 1 N–H and O–H groups in total. The van der Waals surface area contributed by atoms with Gasteiger partial charge >= 0.3 is 0 Å². The predicted molar refractivity (Wildman–Crippen MR) is 93.6 cm³/mol. The summed E-state index contributed by atoms with van der Waals surface area (Å²) in [5.74, 6) is 1.44. The van der Waals surface area contributed by atoms with E-state index in [4.69, 9.17) is 9.47 Å². The molecule has 0 bridgehead atoms. The van der Waals surface area contributed by atoms with Crippen molar-refractivity contribution in [2.45, 2.75) is 19.8 Å². The summed E-state index contributed by atoms with van der Waals surface area (Å²) in [6.07, 6.45) is 0. The molecule has 1 amide bonds. The fourth-order valence-corrected chi connectivity index (χ4v) is 2.88. The standard InChI is InChI=1S/C18H18BrNO3/c1-11(2)14-10-13(19)4-5-15(14)20-18(21)12-3-6-16-17(9-12)23-8-7-22-16/h3-6,9-11H,7-8H2,1-2H3,(H,20,21). The number of fused-ring (bicyclic) bond motifs is 1. The molecule has 0 atom stereocenters. The van der Waals surface area contributed by atoms with Crippen LogP contribution in [-0.4, -0.2) is 19.1 Å². The third-order valence-electron chi connectivity index (χ3n) is 3.69. The van der Waals surface area contributed by atoms with Gasteiger partial charge in [-0.1, -0.05) is 29.8 Å². The number of anilines is 1. The Labute approximate surface area is 143 Å². The number of nitrogens with one attached hydrogen (secondary N) is 1. The number of hydrogen-bond acceptors (Lipinski definition) is 3. The molecule has 5 heteroatoms. The van der Waals surface area contributed by atoms with E-state index in [0.717, 1.165) is 15.7 Å². The molecule has 0 saturated heterocycles. The molecule has 2 aromatic rings. The molecule has 1 aliphatic rings. The minimum Gasteiger partial charge on any atom is -0.486 e. The summed E-state index contributed by atoms with van der Waals surface area (Å²) in [4.78, 5) is 12.5. The SMILES string of the molecule is CC(C)c1cc(Br)ccc1NC(=O)c1ccc2c(c1)OCCO2. The van der Waals surface area contributed by atoms with E-state index < -0.39 is 0 Å². The topological polar surface area (TPSA) is 47.6 Å². The van der Waals surface area contributed by atoms with E-state index in [1.807, 2.05) is 18.2 Å². The molecule has 0 saturated carbocycles. The number of carbonyl (C=O) groups excluding carboxylic acids is 1. The van der Waals surface area contributed by atoms with Crippen molar-refractivity contribution < 1.29 is 14.3 Å². The van der Waals surface area contributed by atoms with Crippen molar-refractivity contribution in [2.75, 3.05) is 18.5 Å². The summed E-state index contributed by atoms with van der Waals surface area (Å²) in [5.41, 5.74) is 2.46. The zero-order valence-electron chi connectivity index (χ0n) is 13.1. The second-order valence-electron chi connectivity index (χ2n) is 5.70. The second-order valence-corrected chi connectivity index (χ2v) is 6.61. The van der Waals surface area contributed by atoms with Crippen LogP contribution >= 0.6 is 15.9 Å². The van der Waals surface area contributed by atoms with Crippen LogP contribution in [0, 0.1) is 0 Å². The average molecular weight is 376 g/mol. The maximum Gasteiger partial charge on any atom is 0.255 e. The Hall–Kier alpha value is -2.01. The first-order chi connectivity index (χ1) is 11.0. The Morgan fingerprint density at radius 1 is 1.09 bits per heavy atom. The van der Waals surface area contributed by atoms with Crippen molar-refractivity contribution in [3.63, 3.8) is 0 Å². The third kappa shape index (κ3) is 3.50. The van der Waals surface area contributed by atoms with Crippen LogP contribution in [0.5, 0.6) is 11.5 Å². The largest absolute Gasteiger partial charge is 0.486 e. The molecule has 0 aliphatic carbocycles. The molecular formula is C18H18BrNO3. The monoisotopic (exact) mass is 375 g/mol. The van der Waals surface area contributed by atoms with Crippen LogP contribution < -0.4 is 14.8 Å². The zero-order chi connectivity index (χ0) is 16.4. The van der Waals surface area contributed by atoms with Gasteiger partial charge in [-0.25, -0.2) is 0 Å². The van der Waals surface area contributed by atoms with Crippen LogP contribution in [0.1, 0.15) is 35.7 Å². The molecule has 0 fully saturated rings. The molecule has 4 nitrogen and oxygen atoms in total. The number of amides is 1. The Morgan fingerprint density at radius 3 is 2.57 bits per heavy atom. The van der Waals surface area contributed by atoms with Gasteiger partial charge in [0.2, 0.25) is 0 Å². The van der Waals surface area contributed by atoms with Crippen LogP contribution in [0.25, 0.3) is 0 Å². The summed E-state index contributed by atoms with van der Waals surface area (Å²) in [5, 5.41) is 2.99. The first-order valence-electron chi connectivity index (χ1n) is 7.55. The van der Waals surface area contributed by atoms with Gasteiger partial charge in [0, 0.05) is 15.7 Å². The van der Waals surface area contributed by atoms with Gasteiger partial charge in [-0.2, -0.15) is 0 Å². The van der Waals surface area contributed by atoms with Crippen molar-refractivity contribution in [1.82, 2.24) is 0 Å². The van der Waals surface area contributed by atoms with Crippen LogP contribution in [0.4, 0.5) is 5.69 Å². The van der Waals surface area contributed by atoms with E-state index in [2.05, 4.69) is 35.1 Å². The molecule has 1 aliphatic heterocycles. The van der Waals surface area contributed by atoms with Crippen LogP contribution in [-0.2, 0) is 0 Å². The normalized spacial score (nSPS) is 13.0. The number of halogens is 1. The van der Waals surface area contributed by atoms with Gasteiger partial charge in [0.1, 0.15) is 13.2 Å². The Morgan fingerprint density at radius 2 is 1.83 bits per heavy atom. The second kappa shape index (κ2) is 6.62. The molecule has 0 radical (unpaired) electrons. The van der Waals surface area contributed by atoms with Crippen molar-refractivity contribution in [3.05, 3.63) is 52.0 Å². The van der Waals surface area contributed by atoms with Crippen LogP contribution in [0.15, 0.2) is 40.9 Å². The highest BCUT2D eigenvalue weighted by Crippen LogP contribution is 2.32. The van der Waals surface area contributed by atoms with E-state index in [-0.39, 0.29) is 5.91 Å². The van der Waals surface area contributed by atoms with Gasteiger partial charge in [0.25, 0.3) is 5.91 Å². The smallest absolute Gasteiger partial charge is 0.255 e. The fourth-order valence-electron chi connectivity index (χ4n) is 2.50. The average Bonchev–Trinajstić information content (AvgIpc) is 2.55. The Kier molecular flexibility index (Phi) is 4.57. The number of hydrogen-bond donors (Lipinski definition) is 1. The molecule has 23 heavy (non-hydrogen) atoms. The highest BCUT2D eigenvalue weighted by Gasteiger charge is 2.16. The zero-order valence-corrected chi connectivity index (χ0v) is 14.6. The van der Waals surface area contributed by atoms with Crippen molar-refractivity contribution >= 4 is 27.5 Å². The molecular weight excluding hydrogens is 358 g/mol. The Bertz CT molecular complexity index is 743. The number of rotatable bonds is 3. The summed E-state index contributed by atoms with van der Waals surface area (Å²) in [7, 11) is 0. The van der Waals surface area contributed by atoms with Gasteiger partial charge in [0.15, 0.2) is 11.5 Å². The lowest BCUT2D eigenvalue weighted by molar-refractivity contribution is 0.102. The van der Waals surface area contributed by atoms with Gasteiger partial charge < -0.3 is 14.8 Å². The summed E-state index contributed by atoms with van der Waals surface area (Å²) in [6, 6.07) is 11.1. The minimum atomic E-state index is -0.161. The fraction of sp³-hybridized carbons (Fsp3) is 0.278. The quantitative estimate of drug-likeness (QED) is 0.852. The maximum atomic E-state index is 12.5. The molecule has 3 rings (SSSR count). The summed E-state index contributed by atoms with van der Waals surface area (Å²) >= 11 is 3.47. The minimum absolute atomic E-state index is 0.161. The van der Waals surface area contributed by atoms with E-state index in [0.29, 0.717) is 36.2 Å². The van der Waals surface area contributed by atoms with Crippen molar-refractivity contribution in [1.29, 1.82) is 0 Å². The summed E-state index contributed by atoms with van der Waals surface area (Å²) < 4.78 is 12.0. The van der Waals surface area contributed by atoms with E-state index in [1.165, 1.54) is 0 Å².